The molecule has 3 heterocycles. The van der Waals surface area contributed by atoms with Crippen LogP contribution in [-0.2, 0) is 15.2 Å². The fourth-order valence-electron chi connectivity index (χ4n) is 6.77. The number of hydrogen-bond donors (Lipinski definition) is 2. The summed E-state index contributed by atoms with van der Waals surface area (Å²) in [5.41, 5.74) is 3.74. The third-order valence-electron chi connectivity index (χ3n) is 8.29. The van der Waals surface area contributed by atoms with Crippen LogP contribution in [0.4, 0.5) is 0 Å². The number of fused-ring (bicyclic) bond motifs is 5. The molecule has 1 saturated carbocycles. The van der Waals surface area contributed by atoms with E-state index in [0.29, 0.717) is 16.8 Å². The number of rotatable bonds is 5. The number of benzene rings is 2. The molecule has 2 bridgehead atoms. The molecule has 39 heavy (non-hydrogen) atoms. The van der Waals surface area contributed by atoms with Crippen LogP contribution >= 0.6 is 0 Å². The minimum atomic E-state index is -1.60. The molecule has 2 N–H and O–H groups in total. The van der Waals surface area contributed by atoms with Gasteiger partial charge < -0.3 is 5.11 Å². The lowest BCUT2D eigenvalue weighted by Gasteiger charge is -2.36. The third-order valence-corrected chi connectivity index (χ3v) is 8.29. The molecular weight excluding hydrogens is 486 g/mol. The summed E-state index contributed by atoms with van der Waals surface area (Å²) in [5, 5.41) is 15.3. The normalized spacial score (nSPS) is 26.0. The van der Waals surface area contributed by atoms with E-state index in [9.17, 15) is 14.7 Å². The van der Waals surface area contributed by atoms with Crippen molar-refractivity contribution in [2.24, 2.45) is 23.7 Å². The van der Waals surface area contributed by atoms with Gasteiger partial charge in [-0.1, -0.05) is 78.9 Å². The number of nitrogens with zero attached hydrogens (tertiary/aromatic N) is 2. The SMILES string of the molecule is O=C1NC(=O)[C@H]2[C@H]1[C@H]1C=C([C@@](O)(c3ccccc3)c3ccccn3)[C@H]2/C1=C(/c1ccccc1)c1ccccn1. The Bertz CT molecular complexity index is 1550. The molecule has 5 atom stereocenters. The van der Waals surface area contributed by atoms with E-state index in [1.807, 2.05) is 97.1 Å². The quantitative estimate of drug-likeness (QED) is 0.308. The monoisotopic (exact) mass is 511 g/mol. The van der Waals surface area contributed by atoms with E-state index >= 15 is 0 Å². The maximum Gasteiger partial charge on any atom is 0.231 e. The average molecular weight is 512 g/mol. The lowest BCUT2D eigenvalue weighted by molar-refractivity contribution is -0.126. The Labute approximate surface area is 225 Å². The van der Waals surface area contributed by atoms with Crippen molar-refractivity contribution in [3.8, 4) is 0 Å². The van der Waals surface area contributed by atoms with Gasteiger partial charge in [-0.3, -0.25) is 24.9 Å². The number of allylic oxidation sites excluding steroid dienone is 2. The average Bonchev–Trinajstić information content (AvgIpc) is 3.63. The Morgan fingerprint density at radius 2 is 1.38 bits per heavy atom. The summed E-state index contributed by atoms with van der Waals surface area (Å²) in [6, 6.07) is 30.6. The maximum atomic E-state index is 13.3. The first-order valence-corrected chi connectivity index (χ1v) is 13.1. The van der Waals surface area contributed by atoms with Crippen LogP contribution in [0, 0.1) is 23.7 Å². The van der Waals surface area contributed by atoms with E-state index in [0.717, 1.165) is 22.4 Å². The first-order valence-electron chi connectivity index (χ1n) is 13.1. The molecule has 2 aliphatic carbocycles. The highest BCUT2D eigenvalue weighted by molar-refractivity contribution is 6.08. The van der Waals surface area contributed by atoms with Crippen LogP contribution in [0.2, 0.25) is 0 Å². The second-order valence-corrected chi connectivity index (χ2v) is 10.2. The number of carbonyl (C=O) groups excluding carboxylic acids is 2. The van der Waals surface area contributed by atoms with Crippen LogP contribution in [0.1, 0.15) is 22.5 Å². The summed E-state index contributed by atoms with van der Waals surface area (Å²) in [6.07, 6.45) is 5.41. The van der Waals surface area contributed by atoms with Crippen LogP contribution in [0.15, 0.2) is 127 Å². The molecule has 190 valence electrons. The number of aliphatic hydroxyl groups is 1. The molecule has 0 spiro atoms. The van der Waals surface area contributed by atoms with Gasteiger partial charge in [-0.2, -0.15) is 0 Å². The van der Waals surface area contributed by atoms with E-state index in [4.69, 9.17) is 4.98 Å². The predicted octanol–water partition coefficient (Wildman–Crippen LogP) is 4.29. The van der Waals surface area contributed by atoms with Gasteiger partial charge in [0, 0.05) is 29.8 Å². The number of carbonyl (C=O) groups is 2. The van der Waals surface area contributed by atoms with Gasteiger partial charge in [0.2, 0.25) is 11.8 Å². The lowest BCUT2D eigenvalue weighted by Crippen LogP contribution is -2.38. The molecule has 6 heteroatoms. The topological polar surface area (TPSA) is 92.2 Å². The molecule has 7 rings (SSSR count). The number of amides is 2. The largest absolute Gasteiger partial charge is 0.375 e. The fourth-order valence-corrected chi connectivity index (χ4v) is 6.77. The van der Waals surface area contributed by atoms with E-state index < -0.39 is 23.4 Å². The Hall–Kier alpha value is -4.68. The summed E-state index contributed by atoms with van der Waals surface area (Å²) in [7, 11) is 0. The summed E-state index contributed by atoms with van der Waals surface area (Å²) >= 11 is 0. The highest BCUT2D eigenvalue weighted by Gasteiger charge is 2.64. The first kappa shape index (κ1) is 23.4. The van der Waals surface area contributed by atoms with Crippen molar-refractivity contribution in [1.29, 1.82) is 0 Å². The van der Waals surface area contributed by atoms with Gasteiger partial charge in [-0.25, -0.2) is 0 Å². The van der Waals surface area contributed by atoms with Gasteiger partial charge in [0.05, 0.1) is 23.2 Å². The highest BCUT2D eigenvalue weighted by Crippen LogP contribution is 2.63. The van der Waals surface area contributed by atoms with E-state index in [1.165, 1.54) is 0 Å². The van der Waals surface area contributed by atoms with Crippen LogP contribution < -0.4 is 5.32 Å². The molecule has 2 fully saturated rings. The van der Waals surface area contributed by atoms with Crippen molar-refractivity contribution in [3.05, 3.63) is 149 Å². The van der Waals surface area contributed by atoms with Crippen LogP contribution in [0.5, 0.6) is 0 Å². The van der Waals surface area contributed by atoms with Crippen LogP contribution in [0.25, 0.3) is 5.57 Å². The molecule has 1 aliphatic heterocycles. The fraction of sp³-hybridized carbons (Fsp3) is 0.152. The highest BCUT2D eigenvalue weighted by atomic mass is 16.3. The Morgan fingerprint density at radius 1 is 0.744 bits per heavy atom. The summed E-state index contributed by atoms with van der Waals surface area (Å²) in [4.78, 5) is 35.7. The maximum absolute atomic E-state index is 13.3. The molecule has 2 aromatic heterocycles. The standard InChI is InChI=1S/C33H25N3O3/c37-31-28-22-19-23(33(39,21-13-5-2-6-14-21)25-16-8-10-18-35-25)29(30(28)32(38)36-31)27(22)26(20-11-3-1-4-12-20)24-15-7-9-17-34-24/h1-19,22,28-30,39H,(H,36,37,38)/b27-26-/t22-,28+,29-,30-,33-/m0/s1. The van der Waals surface area contributed by atoms with Crippen molar-refractivity contribution >= 4 is 17.4 Å². The Kier molecular flexibility index (Phi) is 5.39. The number of nitrogens with one attached hydrogen (secondary N) is 1. The van der Waals surface area contributed by atoms with Crippen molar-refractivity contribution in [2.45, 2.75) is 5.60 Å². The van der Waals surface area contributed by atoms with Gasteiger partial charge in [0.25, 0.3) is 0 Å². The molecule has 2 amide bonds. The minimum absolute atomic E-state index is 0.264. The van der Waals surface area contributed by atoms with Crippen molar-refractivity contribution in [1.82, 2.24) is 15.3 Å². The van der Waals surface area contributed by atoms with E-state index in [2.05, 4.69) is 10.3 Å². The van der Waals surface area contributed by atoms with Crippen molar-refractivity contribution < 1.29 is 14.7 Å². The lowest BCUT2D eigenvalue weighted by atomic mass is 9.71. The van der Waals surface area contributed by atoms with E-state index in [1.54, 1.807) is 18.5 Å². The Balaban J connectivity index is 1.53. The van der Waals surface area contributed by atoms with Gasteiger partial charge >= 0.3 is 0 Å². The van der Waals surface area contributed by atoms with Crippen LogP contribution in [-0.4, -0.2) is 26.9 Å². The van der Waals surface area contributed by atoms with Gasteiger partial charge in [0.15, 0.2) is 5.60 Å². The smallest absolute Gasteiger partial charge is 0.231 e. The molecule has 6 nitrogen and oxygen atoms in total. The second kappa shape index (κ2) is 8.96. The minimum Gasteiger partial charge on any atom is -0.375 e. The zero-order valence-corrected chi connectivity index (χ0v) is 20.9. The molecule has 0 unspecified atom stereocenters. The van der Waals surface area contributed by atoms with Crippen molar-refractivity contribution in [2.75, 3.05) is 0 Å². The third kappa shape index (κ3) is 3.45. The molecule has 1 saturated heterocycles. The van der Waals surface area contributed by atoms with Crippen LogP contribution in [0.3, 0.4) is 0 Å². The predicted molar refractivity (Wildman–Crippen MR) is 146 cm³/mol. The Morgan fingerprint density at radius 3 is 2.05 bits per heavy atom. The molecule has 0 radical (unpaired) electrons. The first-order chi connectivity index (χ1) is 19.1. The van der Waals surface area contributed by atoms with E-state index in [-0.39, 0.29) is 17.7 Å². The van der Waals surface area contributed by atoms with Crippen molar-refractivity contribution in [3.63, 3.8) is 0 Å². The summed E-state index contributed by atoms with van der Waals surface area (Å²) in [6.45, 7) is 0. The summed E-state index contributed by atoms with van der Waals surface area (Å²) < 4.78 is 0. The molecule has 3 aliphatic rings. The molecule has 4 aromatic rings. The molecule has 2 aromatic carbocycles. The summed E-state index contributed by atoms with van der Waals surface area (Å²) in [5.74, 6) is -2.62. The zero-order valence-electron chi connectivity index (χ0n) is 20.9. The van der Waals surface area contributed by atoms with Gasteiger partial charge in [-0.15, -0.1) is 0 Å². The number of hydrogen-bond acceptors (Lipinski definition) is 5. The number of aromatic nitrogens is 2. The zero-order chi connectivity index (χ0) is 26.6. The second-order valence-electron chi connectivity index (χ2n) is 10.2. The van der Waals surface area contributed by atoms with Gasteiger partial charge in [0.1, 0.15) is 0 Å². The molecular formula is C33H25N3O3. The van der Waals surface area contributed by atoms with Gasteiger partial charge in [-0.05, 0) is 46.5 Å². The number of pyridine rings is 2. The number of imide groups is 1.